The summed E-state index contributed by atoms with van der Waals surface area (Å²) in [6.45, 7) is -0.587. The molecule has 0 amide bonds. The Kier molecular flexibility index (Phi) is 4.99. The van der Waals surface area contributed by atoms with Gasteiger partial charge in [-0.05, 0) is 17.7 Å². The number of benzene rings is 1. The second kappa shape index (κ2) is 7.25. The topological polar surface area (TPSA) is 107 Å². The number of aliphatic carboxylic acids is 1. The number of carboxylic acid groups (broad SMARTS) is 1. The lowest BCUT2D eigenvalue weighted by molar-refractivity contribution is -0.154. The van der Waals surface area contributed by atoms with Crippen molar-refractivity contribution in [1.82, 2.24) is 19.7 Å². The van der Waals surface area contributed by atoms with Gasteiger partial charge in [0, 0.05) is 30.3 Å². The predicted molar refractivity (Wildman–Crippen MR) is 89.9 cm³/mol. The molecule has 2 heterocycles. The quantitative estimate of drug-likeness (QED) is 0.641. The van der Waals surface area contributed by atoms with Gasteiger partial charge < -0.3 is 9.84 Å². The van der Waals surface area contributed by atoms with E-state index in [4.69, 9.17) is 5.11 Å². The van der Waals surface area contributed by atoms with Gasteiger partial charge in [0.05, 0.1) is 5.52 Å². The maximum Gasteiger partial charge on any atom is 0.422 e. The SMILES string of the molecule is CC(=O)c1nn(CC(=O)O)c2ccc(-c3cnc(OCC(F)(F)F)nc3)cc12. The van der Waals surface area contributed by atoms with Crippen LogP contribution < -0.4 is 4.74 Å². The summed E-state index contributed by atoms with van der Waals surface area (Å²) < 4.78 is 42.2. The minimum atomic E-state index is -4.49. The van der Waals surface area contributed by atoms with Crippen molar-refractivity contribution in [3.05, 3.63) is 36.3 Å². The van der Waals surface area contributed by atoms with Crippen LogP contribution in [0.3, 0.4) is 0 Å². The predicted octanol–water partition coefficient (Wildman–Crippen LogP) is 2.72. The number of alkyl halides is 3. The molecular formula is C17H13F3N4O4. The Morgan fingerprint density at radius 1 is 1.18 bits per heavy atom. The average Bonchev–Trinajstić information content (AvgIpc) is 2.97. The Morgan fingerprint density at radius 3 is 2.43 bits per heavy atom. The van der Waals surface area contributed by atoms with Crippen LogP contribution in [0, 0.1) is 0 Å². The molecule has 11 heteroatoms. The standard InChI is InChI=1S/C17H13F3N4O4/c1-9(25)15-12-4-10(2-3-13(12)24(23-15)7-14(26)27)11-5-21-16(22-6-11)28-8-17(18,19)20/h2-6H,7-8H2,1H3,(H,26,27). The summed E-state index contributed by atoms with van der Waals surface area (Å²) in [6.07, 6.45) is -1.92. The van der Waals surface area contributed by atoms with Gasteiger partial charge in [0.2, 0.25) is 0 Å². The molecule has 28 heavy (non-hydrogen) atoms. The number of nitrogens with zero attached hydrogens (tertiary/aromatic N) is 4. The lowest BCUT2D eigenvalue weighted by Gasteiger charge is -2.08. The maximum atomic E-state index is 12.2. The molecule has 0 atom stereocenters. The highest BCUT2D eigenvalue weighted by molar-refractivity contribution is 6.06. The van der Waals surface area contributed by atoms with E-state index < -0.39 is 31.3 Å². The van der Waals surface area contributed by atoms with Crippen molar-refractivity contribution in [3.8, 4) is 17.1 Å². The van der Waals surface area contributed by atoms with Gasteiger partial charge in [-0.3, -0.25) is 14.3 Å². The molecule has 146 valence electrons. The zero-order chi connectivity index (χ0) is 20.5. The van der Waals surface area contributed by atoms with Gasteiger partial charge in [0.15, 0.2) is 12.4 Å². The molecule has 0 bridgehead atoms. The number of ether oxygens (including phenoxy) is 1. The summed E-state index contributed by atoms with van der Waals surface area (Å²) in [5, 5.41) is 13.5. The molecule has 0 saturated heterocycles. The molecule has 8 nitrogen and oxygen atoms in total. The smallest absolute Gasteiger partial charge is 0.422 e. The third kappa shape index (κ3) is 4.24. The first-order chi connectivity index (χ1) is 13.1. The van der Waals surface area contributed by atoms with Crippen LogP contribution in [0.15, 0.2) is 30.6 Å². The highest BCUT2D eigenvalue weighted by Crippen LogP contribution is 2.27. The van der Waals surface area contributed by atoms with E-state index in [1.54, 1.807) is 18.2 Å². The molecule has 0 radical (unpaired) electrons. The molecule has 0 fully saturated rings. The number of fused-ring (bicyclic) bond motifs is 1. The Labute approximate surface area is 155 Å². The van der Waals surface area contributed by atoms with Crippen LogP contribution in [-0.2, 0) is 11.3 Å². The average molecular weight is 394 g/mol. The number of hydrogen-bond donors (Lipinski definition) is 1. The van der Waals surface area contributed by atoms with Gasteiger partial charge in [-0.25, -0.2) is 9.97 Å². The summed E-state index contributed by atoms with van der Waals surface area (Å²) in [5.41, 5.74) is 1.63. The summed E-state index contributed by atoms with van der Waals surface area (Å²) in [4.78, 5) is 30.3. The van der Waals surface area contributed by atoms with Crippen molar-refractivity contribution in [2.45, 2.75) is 19.6 Å². The van der Waals surface area contributed by atoms with E-state index in [1.807, 2.05) is 0 Å². The van der Waals surface area contributed by atoms with Gasteiger partial charge in [0.1, 0.15) is 12.2 Å². The fourth-order valence-electron chi connectivity index (χ4n) is 2.55. The Hall–Kier alpha value is -3.50. The number of aromatic nitrogens is 4. The summed E-state index contributed by atoms with van der Waals surface area (Å²) in [6, 6.07) is 4.44. The molecule has 2 aromatic heterocycles. The minimum absolute atomic E-state index is 0.115. The number of carbonyl (C=O) groups is 2. The van der Waals surface area contributed by atoms with E-state index in [-0.39, 0.29) is 11.5 Å². The maximum absolute atomic E-state index is 12.2. The normalized spacial score (nSPS) is 11.6. The van der Waals surface area contributed by atoms with E-state index in [0.717, 1.165) is 0 Å². The minimum Gasteiger partial charge on any atom is -0.480 e. The van der Waals surface area contributed by atoms with Gasteiger partial charge >= 0.3 is 18.2 Å². The first-order valence-electron chi connectivity index (χ1n) is 7.89. The van der Waals surface area contributed by atoms with E-state index >= 15 is 0 Å². The number of halogens is 3. The Bertz CT molecular complexity index is 1040. The second-order valence-corrected chi connectivity index (χ2v) is 5.85. The largest absolute Gasteiger partial charge is 0.480 e. The zero-order valence-electron chi connectivity index (χ0n) is 14.4. The van der Waals surface area contributed by atoms with Gasteiger partial charge in [-0.2, -0.15) is 18.3 Å². The van der Waals surface area contributed by atoms with Crippen LogP contribution in [-0.4, -0.2) is 49.4 Å². The third-order valence-corrected chi connectivity index (χ3v) is 3.70. The van der Waals surface area contributed by atoms with Crippen molar-refractivity contribution < 1.29 is 32.6 Å². The summed E-state index contributed by atoms with van der Waals surface area (Å²) >= 11 is 0. The molecule has 1 aromatic carbocycles. The number of carboxylic acids is 1. The number of carbonyl (C=O) groups excluding carboxylic acids is 1. The van der Waals surface area contributed by atoms with Gasteiger partial charge in [0.25, 0.3) is 0 Å². The van der Waals surface area contributed by atoms with E-state index in [9.17, 15) is 22.8 Å². The van der Waals surface area contributed by atoms with Crippen molar-refractivity contribution in [2.24, 2.45) is 0 Å². The lowest BCUT2D eigenvalue weighted by atomic mass is 10.0. The van der Waals surface area contributed by atoms with Crippen molar-refractivity contribution in [1.29, 1.82) is 0 Å². The molecule has 0 aliphatic rings. The fourth-order valence-corrected chi connectivity index (χ4v) is 2.55. The number of rotatable bonds is 6. The summed E-state index contributed by atoms with van der Waals surface area (Å²) in [7, 11) is 0. The van der Waals surface area contributed by atoms with E-state index in [0.29, 0.717) is 22.0 Å². The third-order valence-electron chi connectivity index (χ3n) is 3.70. The highest BCUT2D eigenvalue weighted by Gasteiger charge is 2.29. The molecule has 0 unspecified atom stereocenters. The van der Waals surface area contributed by atoms with Crippen LogP contribution in [0.1, 0.15) is 17.4 Å². The van der Waals surface area contributed by atoms with Crippen LogP contribution in [0.5, 0.6) is 6.01 Å². The fraction of sp³-hybridized carbons (Fsp3) is 0.235. The van der Waals surface area contributed by atoms with Gasteiger partial charge in [-0.1, -0.05) is 6.07 Å². The lowest BCUT2D eigenvalue weighted by Crippen LogP contribution is -2.20. The molecule has 0 saturated carbocycles. The van der Waals surface area contributed by atoms with Crippen LogP contribution >= 0.6 is 0 Å². The molecule has 0 aliphatic carbocycles. The first kappa shape index (κ1) is 19.3. The molecule has 1 N–H and O–H groups in total. The van der Waals surface area contributed by atoms with E-state index in [1.165, 1.54) is 24.0 Å². The van der Waals surface area contributed by atoms with Crippen molar-refractivity contribution in [3.63, 3.8) is 0 Å². The van der Waals surface area contributed by atoms with Crippen molar-refractivity contribution in [2.75, 3.05) is 6.61 Å². The van der Waals surface area contributed by atoms with Crippen LogP contribution in [0.25, 0.3) is 22.0 Å². The second-order valence-electron chi connectivity index (χ2n) is 5.85. The number of hydrogen-bond acceptors (Lipinski definition) is 6. The van der Waals surface area contributed by atoms with Gasteiger partial charge in [-0.15, -0.1) is 0 Å². The molecular weight excluding hydrogens is 381 g/mol. The van der Waals surface area contributed by atoms with Crippen LogP contribution in [0.2, 0.25) is 0 Å². The van der Waals surface area contributed by atoms with Crippen LogP contribution in [0.4, 0.5) is 13.2 Å². The highest BCUT2D eigenvalue weighted by atomic mass is 19.4. The monoisotopic (exact) mass is 394 g/mol. The zero-order valence-corrected chi connectivity index (χ0v) is 14.4. The Morgan fingerprint density at radius 2 is 1.86 bits per heavy atom. The number of Topliss-reactive ketones (excluding diaryl/α,β-unsaturated/α-hetero) is 1. The molecule has 3 aromatic rings. The van der Waals surface area contributed by atoms with E-state index in [2.05, 4.69) is 19.8 Å². The summed E-state index contributed by atoms with van der Waals surface area (Å²) in [5.74, 6) is -1.44. The number of ketones is 1. The van der Waals surface area contributed by atoms with Crippen molar-refractivity contribution >= 4 is 22.7 Å². The molecule has 0 aliphatic heterocycles. The molecule has 3 rings (SSSR count). The first-order valence-corrected chi connectivity index (χ1v) is 7.89. The molecule has 0 spiro atoms. The Balaban J connectivity index is 1.94.